The van der Waals surface area contributed by atoms with E-state index in [0.717, 1.165) is 5.69 Å². The van der Waals surface area contributed by atoms with Crippen molar-refractivity contribution in [3.63, 3.8) is 0 Å². The number of aliphatic hydroxyl groups is 1. The number of nitrogens with one attached hydrogen (secondary N) is 1. The molecule has 0 aliphatic carbocycles. The average molecular weight is 337 g/mol. The molecule has 0 saturated carbocycles. The van der Waals surface area contributed by atoms with Gasteiger partial charge < -0.3 is 10.4 Å². The predicted octanol–water partition coefficient (Wildman–Crippen LogP) is 2.37. The van der Waals surface area contributed by atoms with Crippen molar-refractivity contribution in [1.29, 1.82) is 0 Å². The van der Waals surface area contributed by atoms with Gasteiger partial charge in [0.05, 0.1) is 11.8 Å². The van der Waals surface area contributed by atoms with Crippen LogP contribution in [0.3, 0.4) is 0 Å². The summed E-state index contributed by atoms with van der Waals surface area (Å²) >= 11 is 5.87. The quantitative estimate of drug-likeness (QED) is 0.848. The molecule has 2 rings (SSSR count). The molecular weight excluding hydrogens is 316 g/mol. The molecule has 23 heavy (non-hydrogen) atoms. The van der Waals surface area contributed by atoms with Gasteiger partial charge in [0.1, 0.15) is 5.82 Å². The Hall–Kier alpha value is -1.92. The SMILES string of the molecule is Cc1nc(C(=O)NCC(O)CC(C)C)nn1-c1ccc(Cl)cc1. The van der Waals surface area contributed by atoms with Crippen LogP contribution < -0.4 is 5.32 Å². The summed E-state index contributed by atoms with van der Waals surface area (Å²) in [6, 6.07) is 7.11. The summed E-state index contributed by atoms with van der Waals surface area (Å²) in [5, 5.41) is 17.3. The molecule has 0 saturated heterocycles. The van der Waals surface area contributed by atoms with Gasteiger partial charge in [-0.2, -0.15) is 0 Å². The van der Waals surface area contributed by atoms with Gasteiger partial charge in [0.15, 0.2) is 0 Å². The minimum Gasteiger partial charge on any atom is -0.391 e. The zero-order chi connectivity index (χ0) is 17.0. The number of hydrogen-bond acceptors (Lipinski definition) is 4. The molecule has 0 aliphatic rings. The maximum absolute atomic E-state index is 12.1. The van der Waals surface area contributed by atoms with Crippen molar-refractivity contribution < 1.29 is 9.90 Å². The third kappa shape index (κ3) is 4.77. The number of carbonyl (C=O) groups excluding carboxylic acids is 1. The molecule has 0 fully saturated rings. The molecule has 0 aliphatic heterocycles. The Bertz CT molecular complexity index is 667. The minimum atomic E-state index is -0.571. The number of amides is 1. The van der Waals surface area contributed by atoms with Crippen molar-refractivity contribution in [3.8, 4) is 5.69 Å². The first kappa shape index (κ1) is 17.4. The highest BCUT2D eigenvalue weighted by Gasteiger charge is 2.16. The fraction of sp³-hybridized carbons (Fsp3) is 0.438. The molecule has 7 heteroatoms. The molecule has 6 nitrogen and oxygen atoms in total. The zero-order valence-electron chi connectivity index (χ0n) is 13.5. The Morgan fingerprint density at radius 3 is 2.61 bits per heavy atom. The van der Waals surface area contributed by atoms with E-state index in [1.807, 2.05) is 13.8 Å². The number of halogens is 1. The van der Waals surface area contributed by atoms with Crippen LogP contribution in [-0.2, 0) is 0 Å². The van der Waals surface area contributed by atoms with E-state index in [4.69, 9.17) is 11.6 Å². The number of benzene rings is 1. The minimum absolute atomic E-state index is 0.0780. The summed E-state index contributed by atoms with van der Waals surface area (Å²) in [5.74, 6) is 0.643. The van der Waals surface area contributed by atoms with E-state index in [1.54, 1.807) is 35.9 Å². The van der Waals surface area contributed by atoms with Gasteiger partial charge in [-0.25, -0.2) is 9.67 Å². The van der Waals surface area contributed by atoms with Crippen LogP contribution in [-0.4, -0.2) is 38.4 Å². The fourth-order valence-electron chi connectivity index (χ4n) is 2.23. The van der Waals surface area contributed by atoms with Crippen LogP contribution in [0.1, 0.15) is 36.7 Å². The Kier molecular flexibility index (Phi) is 5.74. The molecule has 0 spiro atoms. The highest BCUT2D eigenvalue weighted by molar-refractivity contribution is 6.30. The molecule has 1 atom stereocenters. The second-order valence-electron chi connectivity index (χ2n) is 5.86. The van der Waals surface area contributed by atoms with E-state index in [0.29, 0.717) is 23.2 Å². The van der Waals surface area contributed by atoms with Crippen molar-refractivity contribution in [2.24, 2.45) is 5.92 Å². The van der Waals surface area contributed by atoms with Crippen LogP contribution in [0.25, 0.3) is 5.69 Å². The molecule has 1 amide bonds. The Labute approximate surface area is 140 Å². The van der Waals surface area contributed by atoms with Gasteiger partial charge in [0.25, 0.3) is 5.91 Å². The molecule has 0 radical (unpaired) electrons. The van der Waals surface area contributed by atoms with Crippen LogP contribution in [0.2, 0.25) is 5.02 Å². The Morgan fingerprint density at radius 1 is 1.35 bits per heavy atom. The molecule has 1 unspecified atom stereocenters. The van der Waals surface area contributed by atoms with E-state index >= 15 is 0 Å². The maximum atomic E-state index is 12.1. The number of hydrogen-bond donors (Lipinski definition) is 2. The summed E-state index contributed by atoms with van der Waals surface area (Å²) in [5.41, 5.74) is 0.776. The van der Waals surface area contributed by atoms with Gasteiger partial charge in [-0.05, 0) is 43.5 Å². The second-order valence-corrected chi connectivity index (χ2v) is 6.30. The van der Waals surface area contributed by atoms with E-state index < -0.39 is 12.0 Å². The first-order valence-electron chi connectivity index (χ1n) is 7.52. The molecule has 0 bridgehead atoms. The molecule has 124 valence electrons. The smallest absolute Gasteiger partial charge is 0.291 e. The van der Waals surface area contributed by atoms with Gasteiger partial charge in [-0.1, -0.05) is 25.4 Å². The van der Waals surface area contributed by atoms with Crippen LogP contribution >= 0.6 is 11.6 Å². The summed E-state index contributed by atoms with van der Waals surface area (Å²) in [6.07, 6.45) is 0.0600. The van der Waals surface area contributed by atoms with E-state index in [1.165, 1.54) is 0 Å². The van der Waals surface area contributed by atoms with E-state index in [-0.39, 0.29) is 12.4 Å². The summed E-state index contributed by atoms with van der Waals surface area (Å²) in [7, 11) is 0. The Morgan fingerprint density at radius 2 is 2.00 bits per heavy atom. The van der Waals surface area contributed by atoms with Crippen LogP contribution in [0.15, 0.2) is 24.3 Å². The Balaban J connectivity index is 2.05. The number of carbonyl (C=O) groups is 1. The number of aliphatic hydroxyl groups excluding tert-OH is 1. The molecule has 1 aromatic carbocycles. The van der Waals surface area contributed by atoms with Gasteiger partial charge in [0, 0.05) is 11.6 Å². The lowest BCUT2D eigenvalue weighted by Gasteiger charge is -2.12. The van der Waals surface area contributed by atoms with E-state index in [2.05, 4.69) is 15.4 Å². The maximum Gasteiger partial charge on any atom is 0.291 e. The molecular formula is C16H21ClN4O2. The summed E-state index contributed by atoms with van der Waals surface area (Å²) in [4.78, 5) is 16.3. The lowest BCUT2D eigenvalue weighted by Crippen LogP contribution is -2.33. The van der Waals surface area contributed by atoms with Gasteiger partial charge in [-0.3, -0.25) is 4.79 Å². The largest absolute Gasteiger partial charge is 0.391 e. The third-order valence-electron chi connectivity index (χ3n) is 3.28. The van der Waals surface area contributed by atoms with Crippen LogP contribution in [0, 0.1) is 12.8 Å². The van der Waals surface area contributed by atoms with Crippen molar-refractivity contribution in [1.82, 2.24) is 20.1 Å². The topological polar surface area (TPSA) is 80.0 Å². The molecule has 1 heterocycles. The number of rotatable bonds is 6. The predicted molar refractivity (Wildman–Crippen MR) is 88.9 cm³/mol. The number of nitrogens with zero attached hydrogens (tertiary/aromatic N) is 3. The van der Waals surface area contributed by atoms with Crippen molar-refractivity contribution in [3.05, 3.63) is 40.9 Å². The molecule has 2 N–H and O–H groups in total. The van der Waals surface area contributed by atoms with Crippen molar-refractivity contribution >= 4 is 17.5 Å². The van der Waals surface area contributed by atoms with E-state index in [9.17, 15) is 9.90 Å². The zero-order valence-corrected chi connectivity index (χ0v) is 14.2. The first-order valence-corrected chi connectivity index (χ1v) is 7.90. The number of aryl methyl sites for hydroxylation is 1. The first-order chi connectivity index (χ1) is 10.9. The van der Waals surface area contributed by atoms with Crippen LogP contribution in [0.4, 0.5) is 0 Å². The lowest BCUT2D eigenvalue weighted by atomic mass is 10.1. The second kappa shape index (κ2) is 7.57. The van der Waals surface area contributed by atoms with Gasteiger partial charge >= 0.3 is 0 Å². The number of aromatic nitrogens is 3. The monoisotopic (exact) mass is 336 g/mol. The fourth-order valence-corrected chi connectivity index (χ4v) is 2.36. The standard InChI is InChI=1S/C16H21ClN4O2/c1-10(2)8-14(22)9-18-16(23)15-19-11(3)21(20-15)13-6-4-12(17)5-7-13/h4-7,10,14,22H,8-9H2,1-3H3,(H,18,23). The van der Waals surface area contributed by atoms with Crippen LogP contribution in [0.5, 0.6) is 0 Å². The normalized spacial score (nSPS) is 12.4. The highest BCUT2D eigenvalue weighted by Crippen LogP contribution is 2.14. The van der Waals surface area contributed by atoms with Crippen molar-refractivity contribution in [2.45, 2.75) is 33.3 Å². The van der Waals surface area contributed by atoms with Crippen molar-refractivity contribution in [2.75, 3.05) is 6.54 Å². The summed E-state index contributed by atoms with van der Waals surface area (Å²) < 4.78 is 1.58. The van der Waals surface area contributed by atoms with Gasteiger partial charge in [0.2, 0.25) is 5.82 Å². The summed E-state index contributed by atoms with van der Waals surface area (Å²) in [6.45, 7) is 5.99. The molecule has 2 aromatic rings. The lowest BCUT2D eigenvalue weighted by molar-refractivity contribution is 0.0890. The average Bonchev–Trinajstić information content (AvgIpc) is 2.87. The van der Waals surface area contributed by atoms with Gasteiger partial charge in [-0.15, -0.1) is 5.10 Å². The molecule has 1 aromatic heterocycles. The highest BCUT2D eigenvalue weighted by atomic mass is 35.5. The third-order valence-corrected chi connectivity index (χ3v) is 3.54.